The van der Waals surface area contributed by atoms with E-state index in [2.05, 4.69) is 15.1 Å². The van der Waals surface area contributed by atoms with E-state index < -0.39 is 11.2 Å². The Kier molecular flexibility index (Phi) is 2.99. The predicted molar refractivity (Wildman–Crippen MR) is 86.2 cm³/mol. The highest BCUT2D eigenvalue weighted by Gasteiger charge is 2.34. The topological polar surface area (TPSA) is 77.1 Å². The summed E-state index contributed by atoms with van der Waals surface area (Å²) in [5.41, 5.74) is 1.76. The Bertz CT molecular complexity index is 1010. The maximum Gasteiger partial charge on any atom is 0.321 e. The van der Waals surface area contributed by atoms with Crippen LogP contribution in [-0.4, -0.2) is 25.1 Å². The molecular weight excluding hydrogens is 349 g/mol. The Morgan fingerprint density at radius 3 is 2.96 bits per heavy atom. The van der Waals surface area contributed by atoms with E-state index in [1.807, 2.05) is 0 Å². The number of imidazole rings is 1. The van der Waals surface area contributed by atoms with E-state index in [9.17, 15) is 9.18 Å². The van der Waals surface area contributed by atoms with Gasteiger partial charge < -0.3 is 4.52 Å². The van der Waals surface area contributed by atoms with Crippen LogP contribution in [0.3, 0.4) is 0 Å². The molecule has 1 aromatic carbocycles. The number of fused-ring (bicyclic) bond motifs is 3. The van der Waals surface area contributed by atoms with Gasteiger partial charge in [0.05, 0.1) is 17.9 Å². The van der Waals surface area contributed by atoms with Crippen LogP contribution in [0.15, 0.2) is 29.0 Å². The minimum absolute atomic E-state index is 0.0684. The number of halogens is 2. The van der Waals surface area contributed by atoms with Gasteiger partial charge in [0.2, 0.25) is 11.7 Å². The van der Waals surface area contributed by atoms with Crippen molar-refractivity contribution in [1.82, 2.24) is 19.7 Å². The summed E-state index contributed by atoms with van der Waals surface area (Å²) in [5.74, 6) is 0.764. The predicted octanol–water partition coefficient (Wildman–Crippen LogP) is 3.62. The van der Waals surface area contributed by atoms with E-state index in [4.69, 9.17) is 16.1 Å². The Hall–Kier alpha value is -2.74. The number of benzene rings is 1. The van der Waals surface area contributed by atoms with Gasteiger partial charge in [-0.25, -0.2) is 9.37 Å². The van der Waals surface area contributed by atoms with Gasteiger partial charge in [0.25, 0.3) is 0 Å². The Labute approximate surface area is 146 Å². The molecule has 3 aromatic rings. The molecule has 0 unspecified atom stereocenters. The molecule has 2 aliphatic rings. The quantitative estimate of drug-likeness (QED) is 0.516. The molecule has 9 heteroatoms. The number of anilines is 1. The first-order chi connectivity index (χ1) is 12.1. The molecular formula is C16H11ClFN5O2. The zero-order valence-corrected chi connectivity index (χ0v) is 13.6. The molecule has 2 aromatic heterocycles. The van der Waals surface area contributed by atoms with E-state index in [0.29, 0.717) is 34.7 Å². The molecule has 0 N–H and O–H groups in total. The molecule has 126 valence electrons. The number of amides is 1. The Morgan fingerprint density at radius 2 is 2.20 bits per heavy atom. The monoisotopic (exact) mass is 359 g/mol. The second-order valence-electron chi connectivity index (χ2n) is 6.09. The maximum atomic E-state index is 14.3. The number of nitrogens with zero attached hydrogens (tertiary/aromatic N) is 5. The lowest BCUT2D eigenvalue weighted by Crippen LogP contribution is -2.32. The van der Waals surface area contributed by atoms with Crippen molar-refractivity contribution in [3.63, 3.8) is 0 Å². The van der Waals surface area contributed by atoms with Gasteiger partial charge >= 0.3 is 5.37 Å². The summed E-state index contributed by atoms with van der Waals surface area (Å²) in [6.45, 7) is 0.0684. The van der Waals surface area contributed by atoms with Gasteiger partial charge in [0.15, 0.2) is 0 Å². The SMILES string of the molecule is O=C(Cl)N1Cc2c(-c3noc(C4CC4)n3)ncn2-c2cccc(F)c21. The molecule has 25 heavy (non-hydrogen) atoms. The Balaban J connectivity index is 1.67. The van der Waals surface area contributed by atoms with Gasteiger partial charge in [-0.05, 0) is 36.6 Å². The fraction of sp³-hybridized carbons (Fsp3) is 0.250. The highest BCUT2D eigenvalue weighted by Crippen LogP contribution is 2.41. The first kappa shape index (κ1) is 14.6. The van der Waals surface area contributed by atoms with Gasteiger partial charge in [-0.15, -0.1) is 0 Å². The normalized spacial score (nSPS) is 15.8. The van der Waals surface area contributed by atoms with Crippen molar-refractivity contribution in [2.24, 2.45) is 0 Å². The lowest BCUT2D eigenvalue weighted by molar-refractivity contribution is 0.263. The second-order valence-corrected chi connectivity index (χ2v) is 6.41. The average Bonchev–Trinajstić information content (AvgIpc) is 3.17. The minimum Gasteiger partial charge on any atom is -0.339 e. The molecule has 0 spiro atoms. The number of aromatic nitrogens is 4. The van der Waals surface area contributed by atoms with E-state index >= 15 is 0 Å². The number of rotatable bonds is 2. The van der Waals surface area contributed by atoms with Gasteiger partial charge in [0, 0.05) is 5.92 Å². The van der Waals surface area contributed by atoms with Crippen molar-refractivity contribution in [2.45, 2.75) is 25.3 Å². The smallest absolute Gasteiger partial charge is 0.321 e. The summed E-state index contributed by atoms with van der Waals surface area (Å²) in [4.78, 5) is 21.8. The fourth-order valence-electron chi connectivity index (χ4n) is 3.09. The number of hydrogen-bond donors (Lipinski definition) is 0. The van der Waals surface area contributed by atoms with Gasteiger partial charge in [-0.3, -0.25) is 14.3 Å². The number of para-hydroxylation sites is 1. The summed E-state index contributed by atoms with van der Waals surface area (Å²) in [6, 6.07) is 4.56. The van der Waals surface area contributed by atoms with Gasteiger partial charge in [-0.2, -0.15) is 4.98 Å². The third-order valence-electron chi connectivity index (χ3n) is 4.46. The number of carbonyl (C=O) groups excluding carboxylic acids is 1. The molecule has 0 bridgehead atoms. The molecule has 1 saturated carbocycles. The molecule has 7 nitrogen and oxygen atoms in total. The summed E-state index contributed by atoms with van der Waals surface area (Å²) < 4.78 is 21.3. The number of carbonyl (C=O) groups is 1. The van der Waals surface area contributed by atoms with Crippen molar-refractivity contribution < 1.29 is 13.7 Å². The molecule has 0 radical (unpaired) electrons. The van der Waals surface area contributed by atoms with Gasteiger partial charge in [-0.1, -0.05) is 11.2 Å². The first-order valence-corrected chi connectivity index (χ1v) is 8.17. The lowest BCUT2D eigenvalue weighted by Gasteiger charge is -2.29. The van der Waals surface area contributed by atoms with Crippen LogP contribution in [0.25, 0.3) is 17.2 Å². The fourth-order valence-corrected chi connectivity index (χ4v) is 3.24. The second kappa shape index (κ2) is 5.13. The molecule has 1 amide bonds. The molecule has 1 aliphatic heterocycles. The van der Waals surface area contributed by atoms with Crippen molar-refractivity contribution in [3.05, 3.63) is 41.9 Å². The van der Waals surface area contributed by atoms with Gasteiger partial charge in [0.1, 0.15) is 23.5 Å². The molecule has 1 aliphatic carbocycles. The summed E-state index contributed by atoms with van der Waals surface area (Å²) in [6.07, 6.45) is 3.65. The molecule has 0 saturated heterocycles. The van der Waals surface area contributed by atoms with Crippen LogP contribution >= 0.6 is 11.6 Å². The van der Waals surface area contributed by atoms with Crippen LogP contribution in [0.2, 0.25) is 0 Å². The van der Waals surface area contributed by atoms with E-state index in [1.54, 1.807) is 23.0 Å². The van der Waals surface area contributed by atoms with Crippen LogP contribution in [0.1, 0.15) is 30.3 Å². The van der Waals surface area contributed by atoms with E-state index in [-0.39, 0.29) is 12.2 Å². The average molecular weight is 360 g/mol. The zero-order chi connectivity index (χ0) is 17.1. The van der Waals surface area contributed by atoms with Crippen molar-refractivity contribution in [3.8, 4) is 17.2 Å². The van der Waals surface area contributed by atoms with E-state index in [0.717, 1.165) is 12.8 Å². The zero-order valence-electron chi connectivity index (χ0n) is 12.8. The van der Waals surface area contributed by atoms with Crippen LogP contribution in [0.4, 0.5) is 14.9 Å². The number of hydrogen-bond acceptors (Lipinski definition) is 5. The van der Waals surface area contributed by atoms with Crippen molar-refractivity contribution in [1.29, 1.82) is 0 Å². The lowest BCUT2D eigenvalue weighted by atomic mass is 10.1. The van der Waals surface area contributed by atoms with Crippen LogP contribution in [0.5, 0.6) is 0 Å². The molecule has 3 heterocycles. The highest BCUT2D eigenvalue weighted by atomic mass is 35.5. The third kappa shape index (κ3) is 2.17. The van der Waals surface area contributed by atoms with Crippen LogP contribution < -0.4 is 4.90 Å². The maximum absolute atomic E-state index is 14.3. The molecule has 0 atom stereocenters. The highest BCUT2D eigenvalue weighted by molar-refractivity contribution is 6.66. The minimum atomic E-state index is -0.767. The largest absolute Gasteiger partial charge is 0.339 e. The molecule has 1 fully saturated rings. The Morgan fingerprint density at radius 1 is 1.36 bits per heavy atom. The van der Waals surface area contributed by atoms with Crippen molar-refractivity contribution >= 4 is 22.7 Å². The van der Waals surface area contributed by atoms with Crippen LogP contribution in [-0.2, 0) is 6.54 Å². The third-order valence-corrected chi connectivity index (χ3v) is 4.67. The summed E-state index contributed by atoms with van der Waals surface area (Å²) >= 11 is 5.68. The summed E-state index contributed by atoms with van der Waals surface area (Å²) in [5, 5.41) is 3.23. The van der Waals surface area contributed by atoms with Crippen molar-refractivity contribution in [2.75, 3.05) is 4.90 Å². The molecule has 5 rings (SSSR count). The first-order valence-electron chi connectivity index (χ1n) is 7.79. The van der Waals surface area contributed by atoms with Crippen LogP contribution in [0, 0.1) is 5.82 Å². The standard InChI is InChI=1S/C16H11ClFN5O2/c17-16(24)22-6-11-12(14-20-15(25-21-14)8-4-5-8)19-7-23(11)10-3-1-2-9(18)13(10)22/h1-3,7-8H,4-6H2. The summed E-state index contributed by atoms with van der Waals surface area (Å²) in [7, 11) is 0. The van der Waals surface area contributed by atoms with E-state index in [1.165, 1.54) is 11.0 Å².